The molecule has 0 atom stereocenters. The Bertz CT molecular complexity index is 882. The second-order valence-electron chi connectivity index (χ2n) is 6.19. The summed E-state index contributed by atoms with van der Waals surface area (Å²) in [4.78, 5) is 0. The molecule has 0 amide bonds. The fourth-order valence-electron chi connectivity index (χ4n) is 2.78. The van der Waals surface area contributed by atoms with E-state index in [0.29, 0.717) is 36.3 Å². The molecule has 0 aliphatic heterocycles. The molecule has 0 spiro atoms. The van der Waals surface area contributed by atoms with Crippen LogP contribution in [0.2, 0.25) is 5.02 Å². The fourth-order valence-corrected chi connectivity index (χ4v) is 3.07. The van der Waals surface area contributed by atoms with E-state index in [0.717, 1.165) is 22.6 Å². The first kappa shape index (κ1) is 19.9. The van der Waals surface area contributed by atoms with Gasteiger partial charge in [-0.1, -0.05) is 41.9 Å². The number of hydrogen-bond donors (Lipinski definition) is 1. The van der Waals surface area contributed by atoms with Crippen LogP contribution in [0.4, 0.5) is 5.69 Å². The molecule has 3 aromatic rings. The van der Waals surface area contributed by atoms with Crippen molar-refractivity contribution in [1.82, 2.24) is 0 Å². The van der Waals surface area contributed by atoms with Crippen LogP contribution in [-0.2, 0) is 13.2 Å². The highest BCUT2D eigenvalue weighted by Gasteiger charge is 2.12. The smallest absolute Gasteiger partial charge is 0.180 e. The summed E-state index contributed by atoms with van der Waals surface area (Å²) in [5.74, 6) is 2.03. The first-order chi connectivity index (χ1) is 13.7. The molecular formula is C23H24ClNO3. The van der Waals surface area contributed by atoms with Crippen LogP contribution in [0.25, 0.3) is 0 Å². The van der Waals surface area contributed by atoms with Crippen molar-refractivity contribution in [2.24, 2.45) is 0 Å². The van der Waals surface area contributed by atoms with E-state index in [-0.39, 0.29) is 0 Å². The highest BCUT2D eigenvalue weighted by Crippen LogP contribution is 2.37. The van der Waals surface area contributed by atoms with Crippen LogP contribution in [0.15, 0.2) is 66.7 Å². The minimum atomic E-state index is 0.431. The van der Waals surface area contributed by atoms with Gasteiger partial charge in [0.1, 0.15) is 12.4 Å². The van der Waals surface area contributed by atoms with Gasteiger partial charge >= 0.3 is 0 Å². The zero-order valence-corrected chi connectivity index (χ0v) is 16.8. The predicted molar refractivity (Wildman–Crippen MR) is 114 cm³/mol. The van der Waals surface area contributed by atoms with Crippen molar-refractivity contribution in [1.29, 1.82) is 0 Å². The monoisotopic (exact) mass is 397 g/mol. The zero-order valence-electron chi connectivity index (χ0n) is 16.1. The van der Waals surface area contributed by atoms with Gasteiger partial charge in [0.15, 0.2) is 11.5 Å². The van der Waals surface area contributed by atoms with Crippen molar-refractivity contribution in [3.8, 4) is 17.2 Å². The molecule has 0 radical (unpaired) electrons. The van der Waals surface area contributed by atoms with E-state index in [1.165, 1.54) is 0 Å². The lowest BCUT2D eigenvalue weighted by molar-refractivity contribution is 0.284. The van der Waals surface area contributed by atoms with E-state index in [1.807, 2.05) is 73.7 Å². The van der Waals surface area contributed by atoms with E-state index in [2.05, 4.69) is 5.32 Å². The van der Waals surface area contributed by atoms with Gasteiger partial charge in [0.2, 0.25) is 0 Å². The van der Waals surface area contributed by atoms with Crippen LogP contribution < -0.4 is 19.5 Å². The summed E-state index contributed by atoms with van der Waals surface area (Å²) < 4.78 is 16.9. The number of rotatable bonds is 9. The van der Waals surface area contributed by atoms with Crippen molar-refractivity contribution in [2.75, 3.05) is 19.0 Å². The minimum absolute atomic E-state index is 0.431. The molecule has 0 bridgehead atoms. The SMILES string of the molecule is CCOc1ccc(NCc2cc(Cl)c(OCc3ccccc3)c(OC)c2)cc1. The topological polar surface area (TPSA) is 39.7 Å². The van der Waals surface area contributed by atoms with Crippen molar-refractivity contribution in [3.05, 3.63) is 82.9 Å². The predicted octanol–water partition coefficient (Wildman–Crippen LogP) is 5.94. The highest BCUT2D eigenvalue weighted by atomic mass is 35.5. The maximum absolute atomic E-state index is 6.47. The van der Waals surface area contributed by atoms with E-state index < -0.39 is 0 Å². The molecule has 1 N–H and O–H groups in total. The Balaban J connectivity index is 1.66. The lowest BCUT2D eigenvalue weighted by atomic mass is 10.2. The second kappa shape index (κ2) is 9.90. The van der Waals surface area contributed by atoms with Gasteiger partial charge < -0.3 is 19.5 Å². The van der Waals surface area contributed by atoms with Gasteiger partial charge in [0, 0.05) is 12.2 Å². The zero-order chi connectivity index (χ0) is 19.8. The average Bonchev–Trinajstić information content (AvgIpc) is 2.73. The van der Waals surface area contributed by atoms with Gasteiger partial charge in [-0.3, -0.25) is 0 Å². The van der Waals surface area contributed by atoms with Crippen LogP contribution in [0.1, 0.15) is 18.1 Å². The second-order valence-corrected chi connectivity index (χ2v) is 6.60. The van der Waals surface area contributed by atoms with Crippen molar-refractivity contribution in [3.63, 3.8) is 0 Å². The highest BCUT2D eigenvalue weighted by molar-refractivity contribution is 6.32. The Kier molecular flexibility index (Phi) is 7.04. The molecule has 0 fully saturated rings. The maximum Gasteiger partial charge on any atom is 0.180 e. The van der Waals surface area contributed by atoms with Crippen LogP contribution in [0.3, 0.4) is 0 Å². The summed E-state index contributed by atoms with van der Waals surface area (Å²) in [6.45, 7) is 3.67. The fraction of sp³-hybridized carbons (Fsp3) is 0.217. The van der Waals surface area contributed by atoms with Crippen LogP contribution >= 0.6 is 11.6 Å². The van der Waals surface area contributed by atoms with Crippen molar-refractivity contribution >= 4 is 17.3 Å². The first-order valence-corrected chi connectivity index (χ1v) is 9.57. The van der Waals surface area contributed by atoms with Gasteiger partial charge in [-0.25, -0.2) is 0 Å². The number of nitrogens with one attached hydrogen (secondary N) is 1. The molecule has 4 nitrogen and oxygen atoms in total. The molecule has 5 heteroatoms. The number of benzene rings is 3. The quantitative estimate of drug-likeness (QED) is 0.485. The normalized spacial score (nSPS) is 10.4. The summed E-state index contributed by atoms with van der Waals surface area (Å²) >= 11 is 6.47. The van der Waals surface area contributed by atoms with Gasteiger partial charge in [-0.15, -0.1) is 0 Å². The third-order valence-corrected chi connectivity index (χ3v) is 4.46. The Morgan fingerprint density at radius 1 is 0.893 bits per heavy atom. The number of methoxy groups -OCH3 is 1. The summed E-state index contributed by atoms with van der Waals surface area (Å²) in [5, 5.41) is 3.90. The maximum atomic E-state index is 6.47. The average molecular weight is 398 g/mol. The van der Waals surface area contributed by atoms with Gasteiger partial charge in [0.25, 0.3) is 0 Å². The summed E-state index contributed by atoms with van der Waals surface area (Å²) in [6.07, 6.45) is 0. The van der Waals surface area contributed by atoms with E-state index in [4.69, 9.17) is 25.8 Å². The molecule has 0 saturated carbocycles. The lowest BCUT2D eigenvalue weighted by Crippen LogP contribution is -2.02. The van der Waals surface area contributed by atoms with E-state index in [1.54, 1.807) is 7.11 Å². The number of halogens is 1. The summed E-state index contributed by atoms with van der Waals surface area (Å²) in [5.41, 5.74) is 3.08. The molecule has 0 heterocycles. The molecule has 0 aliphatic carbocycles. The Hall–Kier alpha value is -2.85. The molecule has 146 valence electrons. The van der Waals surface area contributed by atoms with Crippen LogP contribution in [-0.4, -0.2) is 13.7 Å². The number of anilines is 1. The number of ether oxygens (including phenoxy) is 3. The van der Waals surface area contributed by atoms with E-state index in [9.17, 15) is 0 Å². The van der Waals surface area contributed by atoms with Crippen molar-refractivity contribution < 1.29 is 14.2 Å². The molecule has 0 unspecified atom stereocenters. The standard InChI is InChI=1S/C23H24ClNO3/c1-3-27-20-11-9-19(10-12-20)25-15-18-13-21(24)23(22(14-18)26-2)28-16-17-7-5-4-6-8-17/h4-14,25H,3,15-16H2,1-2H3. The van der Waals surface area contributed by atoms with Crippen molar-refractivity contribution in [2.45, 2.75) is 20.1 Å². The molecule has 3 aromatic carbocycles. The van der Waals surface area contributed by atoms with Gasteiger partial charge in [-0.05, 0) is 54.4 Å². The van der Waals surface area contributed by atoms with Gasteiger partial charge in [-0.2, -0.15) is 0 Å². The Morgan fingerprint density at radius 2 is 1.64 bits per heavy atom. The molecule has 0 aliphatic rings. The first-order valence-electron chi connectivity index (χ1n) is 9.19. The van der Waals surface area contributed by atoms with Crippen LogP contribution in [0, 0.1) is 0 Å². The molecule has 28 heavy (non-hydrogen) atoms. The third-order valence-electron chi connectivity index (χ3n) is 4.18. The largest absolute Gasteiger partial charge is 0.494 e. The summed E-state index contributed by atoms with van der Waals surface area (Å²) in [7, 11) is 1.62. The third kappa shape index (κ3) is 5.33. The Labute approximate surface area is 171 Å². The minimum Gasteiger partial charge on any atom is -0.494 e. The molecule has 0 aromatic heterocycles. The summed E-state index contributed by atoms with van der Waals surface area (Å²) in [6, 6.07) is 21.6. The van der Waals surface area contributed by atoms with Gasteiger partial charge in [0.05, 0.1) is 18.7 Å². The Morgan fingerprint density at radius 3 is 2.32 bits per heavy atom. The van der Waals surface area contributed by atoms with E-state index >= 15 is 0 Å². The molecule has 0 saturated heterocycles. The number of hydrogen-bond acceptors (Lipinski definition) is 4. The molecular weight excluding hydrogens is 374 g/mol. The van der Waals surface area contributed by atoms with Crippen LogP contribution in [0.5, 0.6) is 17.2 Å². The molecule has 3 rings (SSSR count). The lowest BCUT2D eigenvalue weighted by Gasteiger charge is -2.15.